The van der Waals surface area contributed by atoms with Gasteiger partial charge in [-0.15, -0.1) is 0 Å². The van der Waals surface area contributed by atoms with Crippen LogP contribution in [0.25, 0.3) is 11.0 Å². The highest BCUT2D eigenvalue weighted by Gasteiger charge is 2.37. The first-order valence-corrected chi connectivity index (χ1v) is 7.09. The van der Waals surface area contributed by atoms with Crippen molar-refractivity contribution in [3.05, 3.63) is 29.6 Å². The molecule has 0 aliphatic heterocycles. The number of nitrogens with zero attached hydrogens (tertiary/aromatic N) is 1. The largest absolute Gasteiger partial charge is 0.341 e. The van der Waals surface area contributed by atoms with Crippen LogP contribution in [-0.2, 0) is 5.41 Å². The van der Waals surface area contributed by atoms with E-state index in [4.69, 9.17) is 5.73 Å². The molecule has 108 valence electrons. The number of fused-ring (bicyclic) bond motifs is 1. The molecule has 1 saturated carbocycles. The van der Waals surface area contributed by atoms with Crippen LogP contribution in [0.3, 0.4) is 0 Å². The van der Waals surface area contributed by atoms with Gasteiger partial charge in [0.25, 0.3) is 0 Å². The van der Waals surface area contributed by atoms with E-state index < -0.39 is 11.6 Å². The summed E-state index contributed by atoms with van der Waals surface area (Å²) in [6.07, 6.45) is 4.15. The number of rotatable bonds is 2. The summed E-state index contributed by atoms with van der Waals surface area (Å²) in [7, 11) is 0. The van der Waals surface area contributed by atoms with Crippen LogP contribution in [0, 0.1) is 17.6 Å². The Morgan fingerprint density at radius 1 is 1.30 bits per heavy atom. The van der Waals surface area contributed by atoms with E-state index in [9.17, 15) is 8.78 Å². The average Bonchev–Trinajstić information content (AvgIpc) is 2.84. The van der Waals surface area contributed by atoms with E-state index in [-0.39, 0.29) is 5.41 Å². The molecule has 1 aromatic carbocycles. The second-order valence-corrected chi connectivity index (χ2v) is 6.04. The van der Waals surface area contributed by atoms with E-state index in [1.165, 1.54) is 0 Å². The highest BCUT2D eigenvalue weighted by atomic mass is 19.2. The lowest BCUT2D eigenvalue weighted by molar-refractivity contribution is 0.238. The van der Waals surface area contributed by atoms with Crippen LogP contribution < -0.4 is 5.73 Å². The van der Waals surface area contributed by atoms with Gasteiger partial charge in [0.05, 0.1) is 11.0 Å². The fraction of sp³-hybridized carbons (Fsp3) is 0.533. The Hall–Kier alpha value is -1.49. The zero-order chi connectivity index (χ0) is 14.3. The number of aromatic amines is 1. The number of imidazole rings is 1. The van der Waals surface area contributed by atoms with E-state index in [2.05, 4.69) is 16.9 Å². The monoisotopic (exact) mass is 279 g/mol. The number of H-pyrrole nitrogens is 1. The van der Waals surface area contributed by atoms with Gasteiger partial charge in [-0.25, -0.2) is 13.8 Å². The molecular formula is C15H19F2N3. The Balaban J connectivity index is 2.04. The predicted octanol–water partition coefficient (Wildman–Crippen LogP) is 3.25. The molecule has 0 radical (unpaired) electrons. The lowest BCUT2D eigenvalue weighted by atomic mass is 9.70. The molecule has 1 aromatic heterocycles. The van der Waals surface area contributed by atoms with Gasteiger partial charge in [-0.3, -0.25) is 0 Å². The fourth-order valence-corrected chi connectivity index (χ4v) is 3.11. The van der Waals surface area contributed by atoms with Gasteiger partial charge in [0.2, 0.25) is 0 Å². The summed E-state index contributed by atoms with van der Waals surface area (Å²) in [5, 5.41) is 0. The maximum atomic E-state index is 13.3. The quantitative estimate of drug-likeness (QED) is 0.886. The predicted molar refractivity (Wildman–Crippen MR) is 74.4 cm³/mol. The number of benzene rings is 1. The van der Waals surface area contributed by atoms with Crippen molar-refractivity contribution in [2.24, 2.45) is 11.7 Å². The highest BCUT2D eigenvalue weighted by Crippen LogP contribution is 2.40. The van der Waals surface area contributed by atoms with Crippen molar-refractivity contribution in [3.8, 4) is 0 Å². The minimum absolute atomic E-state index is 0.182. The molecule has 3 nitrogen and oxygen atoms in total. The van der Waals surface area contributed by atoms with Crippen LogP contribution in [0.5, 0.6) is 0 Å². The molecule has 1 aliphatic carbocycles. The molecule has 2 aromatic rings. The molecule has 1 aliphatic rings. The summed E-state index contributed by atoms with van der Waals surface area (Å²) >= 11 is 0. The van der Waals surface area contributed by atoms with E-state index >= 15 is 0 Å². The zero-order valence-corrected chi connectivity index (χ0v) is 11.5. The van der Waals surface area contributed by atoms with Crippen molar-refractivity contribution in [1.82, 2.24) is 9.97 Å². The van der Waals surface area contributed by atoms with E-state index in [1.54, 1.807) is 0 Å². The van der Waals surface area contributed by atoms with Crippen molar-refractivity contribution < 1.29 is 8.78 Å². The minimum atomic E-state index is -0.866. The van der Waals surface area contributed by atoms with Gasteiger partial charge in [-0.1, -0.05) is 6.92 Å². The molecular weight excluding hydrogens is 260 g/mol. The van der Waals surface area contributed by atoms with Gasteiger partial charge in [-0.05, 0) is 31.6 Å². The lowest BCUT2D eigenvalue weighted by Gasteiger charge is -2.36. The average molecular weight is 279 g/mol. The minimum Gasteiger partial charge on any atom is -0.341 e. The first-order valence-electron chi connectivity index (χ1n) is 7.09. The molecule has 0 bridgehead atoms. The van der Waals surface area contributed by atoms with Gasteiger partial charge in [0.15, 0.2) is 11.6 Å². The van der Waals surface area contributed by atoms with Gasteiger partial charge in [0, 0.05) is 24.1 Å². The smallest absolute Gasteiger partial charge is 0.161 e. The standard InChI is InChI=1S/C15H19F2N3/c1-9-2-4-15(8-18,5-3-9)14-19-12-6-10(16)11(17)7-13(12)20-14/h6-7,9H,2-5,8,18H2,1H3,(H,19,20). The van der Waals surface area contributed by atoms with Crippen LogP contribution in [0.15, 0.2) is 12.1 Å². The summed E-state index contributed by atoms with van der Waals surface area (Å²) in [5.41, 5.74) is 6.80. The van der Waals surface area contributed by atoms with E-state index in [0.717, 1.165) is 43.6 Å². The first-order chi connectivity index (χ1) is 9.54. The first kappa shape index (κ1) is 13.5. The maximum Gasteiger partial charge on any atom is 0.161 e. The summed E-state index contributed by atoms with van der Waals surface area (Å²) in [6, 6.07) is 2.30. The number of nitrogens with one attached hydrogen (secondary N) is 1. The Kier molecular flexibility index (Phi) is 3.24. The molecule has 0 saturated heterocycles. The van der Waals surface area contributed by atoms with Crippen molar-refractivity contribution in [2.75, 3.05) is 6.54 Å². The van der Waals surface area contributed by atoms with Gasteiger partial charge in [-0.2, -0.15) is 0 Å². The molecule has 0 spiro atoms. The van der Waals surface area contributed by atoms with Crippen LogP contribution in [-0.4, -0.2) is 16.5 Å². The van der Waals surface area contributed by atoms with Crippen molar-refractivity contribution in [3.63, 3.8) is 0 Å². The van der Waals surface area contributed by atoms with Crippen molar-refractivity contribution >= 4 is 11.0 Å². The van der Waals surface area contributed by atoms with Gasteiger partial charge in [0.1, 0.15) is 5.82 Å². The normalized spacial score (nSPS) is 27.1. The molecule has 5 heteroatoms. The third kappa shape index (κ3) is 2.10. The number of nitrogens with two attached hydrogens (primary N) is 1. The van der Waals surface area contributed by atoms with Crippen LogP contribution >= 0.6 is 0 Å². The van der Waals surface area contributed by atoms with Crippen molar-refractivity contribution in [2.45, 2.75) is 38.0 Å². The van der Waals surface area contributed by atoms with Crippen LogP contribution in [0.1, 0.15) is 38.4 Å². The molecule has 20 heavy (non-hydrogen) atoms. The van der Waals surface area contributed by atoms with Crippen molar-refractivity contribution in [1.29, 1.82) is 0 Å². The van der Waals surface area contributed by atoms with Crippen LogP contribution in [0.2, 0.25) is 0 Å². The van der Waals surface area contributed by atoms with E-state index in [0.29, 0.717) is 23.5 Å². The number of aromatic nitrogens is 2. The maximum absolute atomic E-state index is 13.3. The Bertz CT molecular complexity index is 588. The molecule has 0 amide bonds. The van der Waals surface area contributed by atoms with Gasteiger partial charge < -0.3 is 10.7 Å². The number of halogens is 2. The molecule has 0 unspecified atom stereocenters. The van der Waals surface area contributed by atoms with Crippen LogP contribution in [0.4, 0.5) is 8.78 Å². The topological polar surface area (TPSA) is 54.7 Å². The Morgan fingerprint density at radius 2 is 1.95 bits per heavy atom. The highest BCUT2D eigenvalue weighted by molar-refractivity contribution is 5.75. The van der Waals surface area contributed by atoms with Gasteiger partial charge >= 0.3 is 0 Å². The molecule has 1 heterocycles. The zero-order valence-electron chi connectivity index (χ0n) is 11.5. The third-order valence-electron chi connectivity index (χ3n) is 4.65. The molecule has 3 rings (SSSR count). The second kappa shape index (κ2) is 4.81. The number of hydrogen-bond donors (Lipinski definition) is 2. The molecule has 0 atom stereocenters. The SMILES string of the molecule is CC1CCC(CN)(c2nc3cc(F)c(F)cc3[nH]2)CC1. The van der Waals surface area contributed by atoms with E-state index in [1.807, 2.05) is 0 Å². The lowest BCUT2D eigenvalue weighted by Crippen LogP contribution is -2.39. The second-order valence-electron chi connectivity index (χ2n) is 6.04. The molecule has 3 N–H and O–H groups in total. The number of hydrogen-bond acceptors (Lipinski definition) is 2. The summed E-state index contributed by atoms with van der Waals surface area (Å²) in [5.74, 6) is -0.248. The molecule has 1 fully saturated rings. The summed E-state index contributed by atoms with van der Waals surface area (Å²) in [4.78, 5) is 7.61. The Morgan fingerprint density at radius 3 is 2.60 bits per heavy atom. The summed E-state index contributed by atoms with van der Waals surface area (Å²) in [6.45, 7) is 2.74. The Labute approximate surface area is 116 Å². The third-order valence-corrected chi connectivity index (χ3v) is 4.65. The fourth-order valence-electron chi connectivity index (χ4n) is 3.11. The summed E-state index contributed by atoms with van der Waals surface area (Å²) < 4.78 is 26.6.